The molecule has 4 aromatic carbocycles. The van der Waals surface area contributed by atoms with Crippen molar-refractivity contribution >= 4 is 41.5 Å². The maximum absolute atomic E-state index is 4.53. The van der Waals surface area contributed by atoms with Gasteiger partial charge < -0.3 is 0 Å². The second kappa shape index (κ2) is 12.5. The van der Waals surface area contributed by atoms with Crippen molar-refractivity contribution < 1.29 is 17.4 Å². The van der Waals surface area contributed by atoms with Crippen LogP contribution in [0.15, 0.2) is 88.2 Å². The molecule has 0 N–H and O–H groups in total. The van der Waals surface area contributed by atoms with Crippen LogP contribution in [0, 0.1) is 27.7 Å². The molecule has 0 unspecified atom stereocenters. The van der Waals surface area contributed by atoms with E-state index in [0.29, 0.717) is 0 Å². The van der Waals surface area contributed by atoms with Crippen LogP contribution in [-0.4, -0.2) is 6.88 Å². The molecule has 2 aliphatic rings. The monoisotopic (exact) mass is 744 g/mol. The number of fused-ring (bicyclic) bond motifs is 3. The van der Waals surface area contributed by atoms with Crippen molar-refractivity contribution in [2.24, 2.45) is 0 Å². The number of allylic oxidation sites excluding steroid dienone is 4. The molecule has 0 aromatic heterocycles. The van der Waals surface area contributed by atoms with Crippen molar-refractivity contribution in [3.05, 3.63) is 133 Å². The Morgan fingerprint density at radius 1 is 0.652 bits per heavy atom. The fourth-order valence-electron chi connectivity index (χ4n) is 8.63. The topological polar surface area (TPSA) is 0 Å². The van der Waals surface area contributed by atoms with E-state index in [4.69, 9.17) is 0 Å². The van der Waals surface area contributed by atoms with E-state index in [1.54, 1.807) is 18.7 Å². The number of aryl methyl sites for hydroxylation is 3. The molecule has 0 amide bonds. The third-order valence-corrected chi connectivity index (χ3v) is 37.1. The van der Waals surface area contributed by atoms with E-state index in [-0.39, 0.29) is 35.6 Å². The molecule has 0 saturated carbocycles. The van der Waals surface area contributed by atoms with Crippen LogP contribution >= 0.6 is 24.8 Å². The molecule has 0 fully saturated rings. The van der Waals surface area contributed by atoms with E-state index in [1.807, 2.05) is 0 Å². The summed E-state index contributed by atoms with van der Waals surface area (Å²) in [6.45, 7) is 26.0. The van der Waals surface area contributed by atoms with Crippen LogP contribution < -0.4 is 9.81 Å². The summed E-state index contributed by atoms with van der Waals surface area (Å²) in [4.78, 5) is 0. The van der Waals surface area contributed by atoms with Gasteiger partial charge in [0.15, 0.2) is 0 Å². The Labute approximate surface area is 293 Å². The molecule has 242 valence electrons. The average Bonchev–Trinajstić information content (AvgIpc) is 3.60. The van der Waals surface area contributed by atoms with E-state index < -0.39 is 17.4 Å². The Hall–Kier alpha value is -1.96. The number of benzene rings is 4. The Balaban J connectivity index is 0.00000240. The second-order valence-corrected chi connectivity index (χ2v) is 37.1. The van der Waals surface area contributed by atoms with Crippen molar-refractivity contribution in [1.82, 2.24) is 0 Å². The minimum absolute atomic E-state index is 0. The van der Waals surface area contributed by atoms with Gasteiger partial charge in [-0.1, -0.05) is 0 Å². The zero-order valence-corrected chi connectivity index (χ0v) is 35.0. The van der Waals surface area contributed by atoms with Gasteiger partial charge in [-0.25, -0.2) is 0 Å². The van der Waals surface area contributed by atoms with Crippen molar-refractivity contribution in [1.29, 1.82) is 0 Å². The Morgan fingerprint density at radius 3 is 1.61 bits per heavy atom. The first-order valence-corrected chi connectivity index (χ1v) is 27.2. The zero-order valence-electron chi connectivity index (χ0n) is 29.5. The maximum Gasteiger partial charge on any atom is -0.147 e. The first-order chi connectivity index (χ1) is 20.5. The molecule has 0 aliphatic heterocycles. The van der Waals surface area contributed by atoms with Gasteiger partial charge in [0.1, 0.15) is 0 Å². The summed E-state index contributed by atoms with van der Waals surface area (Å²) in [6.07, 6.45) is 9.28. The minimum atomic E-state index is -4.53. The average molecular weight is 747 g/mol. The predicted molar refractivity (Wildman–Crippen MR) is 208 cm³/mol. The number of halogens is 2. The van der Waals surface area contributed by atoms with Crippen LogP contribution in [0.25, 0.3) is 11.1 Å². The summed E-state index contributed by atoms with van der Waals surface area (Å²) in [5.41, 5.74) is 14.7. The molecule has 0 bridgehead atoms. The summed E-state index contributed by atoms with van der Waals surface area (Å²) < 4.78 is 6.48. The van der Waals surface area contributed by atoms with Gasteiger partial charge in [-0.2, -0.15) is 0 Å². The third kappa shape index (κ3) is 5.54. The van der Waals surface area contributed by atoms with Crippen molar-refractivity contribution in [2.45, 2.75) is 92.9 Å². The van der Waals surface area contributed by atoms with Gasteiger partial charge in [-0.15, -0.1) is 24.8 Å². The van der Waals surface area contributed by atoms with Gasteiger partial charge in [0.05, 0.1) is 0 Å². The largest absolute Gasteiger partial charge is 0.147 e. The van der Waals surface area contributed by atoms with Crippen molar-refractivity contribution in [3.8, 4) is 11.1 Å². The molecule has 46 heavy (non-hydrogen) atoms. The molecular formula is C42H52Cl2SiZr. The molecule has 0 radical (unpaired) electrons. The third-order valence-electron chi connectivity index (χ3n) is 10.8. The minimum Gasteiger partial charge on any atom is -0.147 e. The fraction of sp³-hybridized carbons (Fsp3) is 0.333. The predicted octanol–water partition coefficient (Wildman–Crippen LogP) is 9.29. The van der Waals surface area contributed by atoms with Crippen molar-refractivity contribution in [2.75, 3.05) is 0 Å². The van der Waals surface area contributed by atoms with Crippen LogP contribution in [0.2, 0.25) is 0 Å². The van der Waals surface area contributed by atoms with Gasteiger partial charge in [0, 0.05) is 0 Å². The molecule has 0 spiro atoms. The van der Waals surface area contributed by atoms with Gasteiger partial charge in [0.25, 0.3) is 0 Å². The summed E-state index contributed by atoms with van der Waals surface area (Å²) in [5, 5.41) is 0. The summed E-state index contributed by atoms with van der Waals surface area (Å²) >= 11 is -4.53. The number of hydrogen-bond acceptors (Lipinski definition) is 0. The molecule has 4 heteroatoms. The second-order valence-electron chi connectivity index (χ2n) is 16.0. The van der Waals surface area contributed by atoms with E-state index >= 15 is 0 Å². The first kappa shape index (κ1) is 36.9. The molecule has 4 aromatic rings. The molecule has 6 rings (SSSR count). The summed E-state index contributed by atoms with van der Waals surface area (Å²) in [7, 11) is 0. The number of hydrogen-bond donors (Lipinski definition) is 0. The molecule has 0 atom stereocenters. The molecule has 0 heterocycles. The summed E-state index contributed by atoms with van der Waals surface area (Å²) in [6, 6.07) is 27.2. The Kier molecular flexibility index (Phi) is 10.0. The SMILES string of the molecule is Cc1cc[c]([Zr](=[SiH2])([C]2=CC=CC2)([c]2ccc(C)cc2)[c]2c(C)c(C(C)(C)C)cc3c2Cc2cc(C)c(C(C)(C)C)cc2-3)cc1.Cl.Cl. The van der Waals surface area contributed by atoms with Crippen LogP contribution in [-0.2, 0) is 34.6 Å². The van der Waals surface area contributed by atoms with E-state index in [1.165, 1.54) is 50.1 Å². The smallest absolute Gasteiger partial charge is 0.147 e. The van der Waals surface area contributed by atoms with Gasteiger partial charge >= 0.3 is 271 Å². The summed E-state index contributed by atoms with van der Waals surface area (Å²) in [5.74, 6) is 0. The fourth-order valence-corrected chi connectivity index (χ4v) is 32.2. The molecule has 0 nitrogen and oxygen atoms in total. The van der Waals surface area contributed by atoms with Gasteiger partial charge in [-0.3, -0.25) is 0 Å². The van der Waals surface area contributed by atoms with E-state index in [9.17, 15) is 0 Å². The van der Waals surface area contributed by atoms with E-state index in [2.05, 4.69) is 161 Å². The maximum atomic E-state index is 2.59. The van der Waals surface area contributed by atoms with Gasteiger partial charge in [0.2, 0.25) is 0 Å². The normalized spacial score (nSPS) is 14.3. The van der Waals surface area contributed by atoms with Crippen LogP contribution in [0.1, 0.15) is 92.5 Å². The Bertz CT molecular complexity index is 1890. The standard InChI is InChI=1S/C23H29.2C7H7.C5H5.2ClH.H2Si.Zr/c1-14-9-16-11-17-10-15(2)21(23(6,7)8)13-19(17)18(16)12-20(14)22(3,4)5;2*1-7-5-3-2-4-6-7;1-2-4-5-3-1;;;;/h9,12-13H,11H2,1-8H3;2*3-6H,1H3;1-3H,4H2;2*1H;1H2;. The van der Waals surface area contributed by atoms with Gasteiger partial charge in [-0.05, 0) is 0 Å². The molecule has 0 saturated heterocycles. The van der Waals surface area contributed by atoms with Crippen LogP contribution in [0.4, 0.5) is 0 Å². The van der Waals surface area contributed by atoms with Crippen LogP contribution in [0.5, 0.6) is 0 Å². The number of rotatable bonds is 4. The Morgan fingerprint density at radius 2 is 1.15 bits per heavy atom. The molecule has 2 aliphatic carbocycles. The van der Waals surface area contributed by atoms with Crippen molar-refractivity contribution in [3.63, 3.8) is 0 Å². The van der Waals surface area contributed by atoms with Crippen LogP contribution in [0.3, 0.4) is 0 Å². The van der Waals surface area contributed by atoms with E-state index in [0.717, 1.165) is 12.8 Å². The quantitative estimate of drug-likeness (QED) is 0.161. The first-order valence-electron chi connectivity index (χ1n) is 16.4. The zero-order chi connectivity index (χ0) is 31.8. The molecular weight excluding hydrogens is 695 g/mol.